The highest BCUT2D eigenvalue weighted by molar-refractivity contribution is 5.86. The van der Waals surface area contributed by atoms with Crippen molar-refractivity contribution in [3.63, 3.8) is 0 Å². The van der Waals surface area contributed by atoms with Crippen molar-refractivity contribution in [3.05, 3.63) is 51.4 Å². The number of nitrogens with two attached hydrogens (primary N) is 1. The van der Waals surface area contributed by atoms with Crippen LogP contribution < -0.4 is 22.0 Å². The van der Waals surface area contributed by atoms with Gasteiger partial charge < -0.3 is 50.3 Å². The first-order chi connectivity index (χ1) is 22.0. The van der Waals surface area contributed by atoms with Crippen LogP contribution in [-0.4, -0.2) is 89.1 Å². The molecule has 1 aromatic heterocycles. The van der Waals surface area contributed by atoms with Gasteiger partial charge in [-0.25, -0.2) is 9.59 Å². The van der Waals surface area contributed by atoms with Gasteiger partial charge in [0.1, 0.15) is 36.1 Å². The molecule has 7 N–H and O–H groups in total. The topological polar surface area (TPSA) is 220 Å². The van der Waals surface area contributed by atoms with Crippen molar-refractivity contribution in [3.8, 4) is 0 Å². The number of hydrogen-bond acceptors (Lipinski definition) is 12. The Balaban J connectivity index is 0.987. The number of ether oxygens (including phenoxy) is 3. The zero-order chi connectivity index (χ0) is 33.0. The summed E-state index contributed by atoms with van der Waals surface area (Å²) < 4.78 is 22.2. The van der Waals surface area contributed by atoms with Gasteiger partial charge in [-0.05, 0) is 55.9 Å². The van der Waals surface area contributed by atoms with E-state index in [0.29, 0.717) is 67.5 Å². The molecule has 1 saturated heterocycles. The highest BCUT2D eigenvalue weighted by Crippen LogP contribution is 2.34. The second kappa shape index (κ2) is 14.7. The molecule has 0 spiro atoms. The minimum Gasteiger partial charge on any atom is -0.455 e. The fourth-order valence-corrected chi connectivity index (χ4v) is 6.08. The number of carbonyl (C=O) groups excluding carboxylic acids is 3. The van der Waals surface area contributed by atoms with E-state index in [4.69, 9.17) is 24.4 Å². The number of nitrogen functional groups attached to an aromatic ring is 1. The van der Waals surface area contributed by atoms with E-state index in [1.165, 1.54) is 6.08 Å². The van der Waals surface area contributed by atoms with E-state index in [1.54, 1.807) is 25.1 Å². The van der Waals surface area contributed by atoms with Gasteiger partial charge in [0.2, 0.25) is 11.8 Å². The van der Waals surface area contributed by atoms with Gasteiger partial charge in [-0.3, -0.25) is 9.59 Å². The molecule has 3 aliphatic rings. The Bertz CT molecular complexity index is 1540. The van der Waals surface area contributed by atoms with Crippen LogP contribution in [0.1, 0.15) is 56.1 Å². The van der Waals surface area contributed by atoms with Gasteiger partial charge in [-0.15, -0.1) is 0 Å². The minimum absolute atomic E-state index is 0.104. The second-order valence-electron chi connectivity index (χ2n) is 12.1. The average molecular weight is 644 g/mol. The molecular formula is C32H41N3O11. The van der Waals surface area contributed by atoms with Gasteiger partial charge in [0.25, 0.3) is 0 Å². The molecule has 1 aromatic carbocycles. The van der Waals surface area contributed by atoms with E-state index in [1.807, 2.05) is 0 Å². The molecule has 0 unspecified atom stereocenters. The Morgan fingerprint density at radius 1 is 1.04 bits per heavy atom. The molecule has 14 nitrogen and oxygen atoms in total. The molecular weight excluding hydrogens is 602 g/mol. The van der Waals surface area contributed by atoms with E-state index < -0.39 is 42.4 Å². The van der Waals surface area contributed by atoms with Crippen molar-refractivity contribution in [2.24, 2.45) is 0 Å². The number of carbonyl (C=O) groups is 3. The van der Waals surface area contributed by atoms with Gasteiger partial charge in [0.15, 0.2) is 6.29 Å². The molecule has 250 valence electrons. The van der Waals surface area contributed by atoms with Crippen LogP contribution >= 0.6 is 0 Å². The summed E-state index contributed by atoms with van der Waals surface area (Å²) in [5.74, 6) is -0.981. The maximum Gasteiger partial charge on any atom is 0.340 e. The summed E-state index contributed by atoms with van der Waals surface area (Å²) in [7, 11) is 0. The van der Waals surface area contributed by atoms with Crippen molar-refractivity contribution < 1.29 is 48.3 Å². The maximum absolute atomic E-state index is 12.5. The molecule has 2 aromatic rings. The number of aliphatic hydroxyl groups is 3. The summed E-state index contributed by atoms with van der Waals surface area (Å²) in [6, 6.07) is 5.03. The number of unbranched alkanes of at least 4 members (excludes halogenated alkanes) is 2. The summed E-state index contributed by atoms with van der Waals surface area (Å²) in [5.41, 5.74) is 7.90. The Morgan fingerprint density at radius 2 is 1.85 bits per heavy atom. The second-order valence-corrected chi connectivity index (χ2v) is 12.1. The number of esters is 1. The average Bonchev–Trinajstić information content (AvgIpc) is 3.39. The van der Waals surface area contributed by atoms with Crippen LogP contribution in [0, 0.1) is 6.92 Å². The summed E-state index contributed by atoms with van der Waals surface area (Å²) >= 11 is 0. The number of rotatable bonds is 12. The summed E-state index contributed by atoms with van der Waals surface area (Å²) in [6.45, 7) is 2.04. The zero-order valence-corrected chi connectivity index (χ0v) is 25.6. The van der Waals surface area contributed by atoms with Crippen LogP contribution in [0.2, 0.25) is 0 Å². The molecule has 1 aliphatic carbocycles. The van der Waals surface area contributed by atoms with E-state index in [9.17, 15) is 34.5 Å². The Hall–Kier alpha value is -3.82. The standard InChI is InChI=1S/C32H41N3O11/c1-16-20-9-7-18(33)12-23(20)45-31(42)21(16)14-26(37)34-10-4-2-3-5-25(36)35-15-24-28(39)29(40)30(41)32(46-24)43-19-8-6-17-11-27(38)44-22(17)13-19/h7,9,11-12,19,22,24,28-30,32,39-41H,2-6,8,10,13-15,33H2,1H3,(H,34,37)(H,35,36)/t19-,22-,24-,28+,29+,30-,32-/m1/s1. The molecule has 7 atom stereocenters. The largest absolute Gasteiger partial charge is 0.455 e. The number of nitrogens with one attached hydrogen (secondary N) is 2. The molecule has 2 fully saturated rings. The summed E-state index contributed by atoms with van der Waals surface area (Å²) in [4.78, 5) is 48.9. The van der Waals surface area contributed by atoms with Crippen molar-refractivity contribution in [2.45, 2.75) is 101 Å². The van der Waals surface area contributed by atoms with Gasteiger partial charge in [0, 0.05) is 49.1 Å². The Labute approximate surface area is 264 Å². The van der Waals surface area contributed by atoms with E-state index >= 15 is 0 Å². The van der Waals surface area contributed by atoms with Gasteiger partial charge in [-0.1, -0.05) is 6.42 Å². The number of fused-ring (bicyclic) bond motifs is 2. The smallest absolute Gasteiger partial charge is 0.340 e. The van der Waals surface area contributed by atoms with Crippen LogP contribution in [0.4, 0.5) is 5.69 Å². The zero-order valence-electron chi connectivity index (χ0n) is 25.6. The molecule has 2 aliphatic heterocycles. The van der Waals surface area contributed by atoms with E-state index in [0.717, 1.165) is 11.0 Å². The number of anilines is 1. The third kappa shape index (κ3) is 7.93. The quantitative estimate of drug-likeness (QED) is 0.0793. The van der Waals surface area contributed by atoms with Crippen LogP contribution in [0.15, 0.2) is 39.1 Å². The molecule has 0 bridgehead atoms. The van der Waals surface area contributed by atoms with Gasteiger partial charge in [0.05, 0.1) is 18.1 Å². The fourth-order valence-electron chi connectivity index (χ4n) is 6.08. The van der Waals surface area contributed by atoms with Crippen molar-refractivity contribution in [2.75, 3.05) is 18.8 Å². The third-order valence-corrected chi connectivity index (χ3v) is 8.75. The first-order valence-electron chi connectivity index (χ1n) is 15.6. The molecule has 46 heavy (non-hydrogen) atoms. The summed E-state index contributed by atoms with van der Waals surface area (Å²) in [5, 5.41) is 37.4. The number of aryl methyl sites for hydroxylation is 1. The molecule has 3 heterocycles. The molecule has 14 heteroatoms. The molecule has 2 amide bonds. The number of hydrogen-bond donors (Lipinski definition) is 6. The van der Waals surface area contributed by atoms with E-state index in [2.05, 4.69) is 10.6 Å². The highest BCUT2D eigenvalue weighted by atomic mass is 16.7. The lowest BCUT2D eigenvalue weighted by Crippen LogP contribution is -2.61. The van der Waals surface area contributed by atoms with Crippen LogP contribution in [-0.2, 0) is 35.0 Å². The monoisotopic (exact) mass is 643 g/mol. The SMILES string of the molecule is Cc1c(CC(=O)NCCCCCC(=O)NC[C@H]2O[C@@H](O[C@@H]3CCC4=CC(=O)O[C@@H]4C3)[C@H](O)[C@@H](O)[C@H]2O)c(=O)oc2cc(N)ccc12. The van der Waals surface area contributed by atoms with Crippen LogP contribution in [0.5, 0.6) is 0 Å². The van der Waals surface area contributed by atoms with Crippen LogP contribution in [0.25, 0.3) is 11.0 Å². The Morgan fingerprint density at radius 3 is 2.65 bits per heavy atom. The lowest BCUT2D eigenvalue weighted by molar-refractivity contribution is -0.308. The van der Waals surface area contributed by atoms with E-state index in [-0.39, 0.29) is 43.3 Å². The molecule has 5 rings (SSSR count). The number of benzene rings is 1. The predicted molar refractivity (Wildman–Crippen MR) is 163 cm³/mol. The lowest BCUT2D eigenvalue weighted by atomic mass is 9.90. The fraction of sp³-hybridized carbons (Fsp3) is 0.562. The molecule has 1 saturated carbocycles. The Kier molecular flexibility index (Phi) is 10.7. The highest BCUT2D eigenvalue weighted by Gasteiger charge is 2.46. The van der Waals surface area contributed by atoms with Crippen LogP contribution in [0.3, 0.4) is 0 Å². The predicted octanol–water partition coefficient (Wildman–Crippen LogP) is 0.247. The van der Waals surface area contributed by atoms with Gasteiger partial charge in [-0.2, -0.15) is 0 Å². The van der Waals surface area contributed by atoms with Crippen molar-refractivity contribution in [1.82, 2.24) is 10.6 Å². The lowest BCUT2D eigenvalue weighted by Gasteiger charge is -2.42. The van der Waals surface area contributed by atoms with Crippen molar-refractivity contribution in [1.29, 1.82) is 0 Å². The summed E-state index contributed by atoms with van der Waals surface area (Å²) in [6.07, 6.45) is -2.55. The number of amides is 2. The normalized spacial score (nSPS) is 27.5. The molecule has 0 radical (unpaired) electrons. The maximum atomic E-state index is 12.5. The third-order valence-electron chi connectivity index (χ3n) is 8.75. The minimum atomic E-state index is -1.54. The first kappa shape index (κ1) is 33.5. The van der Waals surface area contributed by atoms with Gasteiger partial charge >= 0.3 is 11.6 Å². The van der Waals surface area contributed by atoms with Crippen molar-refractivity contribution >= 4 is 34.4 Å². The first-order valence-corrected chi connectivity index (χ1v) is 15.6. The number of aliphatic hydroxyl groups excluding tert-OH is 3.